The molecular weight excluding hydrogens is 492 g/mol. The number of aromatic nitrogens is 4. The van der Waals surface area contributed by atoms with E-state index in [2.05, 4.69) is 20.6 Å². The second-order valence-electron chi connectivity index (χ2n) is 9.76. The van der Waals surface area contributed by atoms with Crippen molar-refractivity contribution >= 4 is 44.5 Å². The average molecular weight is 527 g/mol. The summed E-state index contributed by atoms with van der Waals surface area (Å²) in [6.45, 7) is 3.82. The highest BCUT2D eigenvalue weighted by Gasteiger charge is 2.30. The zero-order chi connectivity index (χ0) is 26.0. The van der Waals surface area contributed by atoms with Crippen LogP contribution in [0, 0.1) is 5.92 Å². The number of fused-ring (bicyclic) bond motifs is 1. The third-order valence-corrected chi connectivity index (χ3v) is 9.23. The van der Waals surface area contributed by atoms with Gasteiger partial charge in [-0.3, -0.25) is 4.79 Å². The number of imidazole rings is 1. The van der Waals surface area contributed by atoms with E-state index < -0.39 is 10.0 Å². The number of sulfonamides is 1. The van der Waals surface area contributed by atoms with Crippen LogP contribution in [0.4, 0.5) is 17.5 Å². The molecule has 0 bridgehead atoms. The van der Waals surface area contributed by atoms with E-state index in [1.165, 1.54) is 0 Å². The van der Waals surface area contributed by atoms with Gasteiger partial charge in [-0.2, -0.15) is 14.3 Å². The van der Waals surface area contributed by atoms with Gasteiger partial charge in [0.1, 0.15) is 0 Å². The van der Waals surface area contributed by atoms with E-state index in [1.807, 2.05) is 11.5 Å². The van der Waals surface area contributed by atoms with Gasteiger partial charge in [-0.1, -0.05) is 19.3 Å². The van der Waals surface area contributed by atoms with Crippen LogP contribution in [0.3, 0.4) is 0 Å². The Hall–Kier alpha value is -3.25. The smallest absolute Gasteiger partial charge is 0.243 e. The predicted octanol–water partition coefficient (Wildman–Crippen LogP) is 3.22. The minimum atomic E-state index is -3.51. The molecule has 1 aliphatic carbocycles. The number of primary amides is 1. The molecule has 2 fully saturated rings. The van der Waals surface area contributed by atoms with Gasteiger partial charge in [0, 0.05) is 31.4 Å². The highest BCUT2D eigenvalue weighted by atomic mass is 32.2. The van der Waals surface area contributed by atoms with Gasteiger partial charge in [0.25, 0.3) is 0 Å². The lowest BCUT2D eigenvalue weighted by Gasteiger charge is -2.30. The van der Waals surface area contributed by atoms with Crippen LogP contribution < -0.4 is 16.4 Å². The van der Waals surface area contributed by atoms with E-state index in [0.717, 1.165) is 44.9 Å². The molecule has 0 unspecified atom stereocenters. The summed E-state index contributed by atoms with van der Waals surface area (Å²) in [5, 5.41) is 6.64. The molecule has 3 aromatic rings. The molecule has 2 atom stereocenters. The molecule has 1 aromatic carbocycles. The van der Waals surface area contributed by atoms with Crippen LogP contribution in [-0.4, -0.2) is 57.3 Å². The number of nitrogens with zero attached hydrogens (tertiary/aromatic N) is 5. The number of piperidine rings is 1. The molecule has 0 radical (unpaired) electrons. The number of nitrogens with two attached hydrogens (primary N) is 1. The minimum Gasteiger partial charge on any atom is -0.369 e. The highest BCUT2D eigenvalue weighted by Crippen LogP contribution is 2.30. The number of anilines is 3. The fraction of sp³-hybridized carbons (Fsp3) is 0.520. The molecule has 198 valence electrons. The van der Waals surface area contributed by atoms with Crippen molar-refractivity contribution in [2.75, 3.05) is 23.7 Å². The number of hydrogen-bond donors (Lipinski definition) is 3. The van der Waals surface area contributed by atoms with Crippen LogP contribution in [0.25, 0.3) is 11.2 Å². The van der Waals surface area contributed by atoms with E-state index in [0.29, 0.717) is 48.3 Å². The first-order valence-electron chi connectivity index (χ1n) is 13.0. The largest absolute Gasteiger partial charge is 0.369 e. The summed E-state index contributed by atoms with van der Waals surface area (Å²) in [5.74, 6) is 0.315. The van der Waals surface area contributed by atoms with E-state index >= 15 is 0 Å². The summed E-state index contributed by atoms with van der Waals surface area (Å²) < 4.78 is 29.5. The molecule has 3 heterocycles. The van der Waals surface area contributed by atoms with Gasteiger partial charge >= 0.3 is 0 Å². The van der Waals surface area contributed by atoms with Crippen molar-refractivity contribution in [1.29, 1.82) is 0 Å². The highest BCUT2D eigenvalue weighted by molar-refractivity contribution is 7.89. The first-order chi connectivity index (χ1) is 17.9. The van der Waals surface area contributed by atoms with E-state index in [1.54, 1.807) is 34.9 Å². The van der Waals surface area contributed by atoms with Crippen molar-refractivity contribution in [1.82, 2.24) is 23.8 Å². The average Bonchev–Trinajstić information content (AvgIpc) is 3.33. The Labute approximate surface area is 216 Å². The molecule has 5 rings (SSSR count). The Balaban J connectivity index is 1.42. The van der Waals surface area contributed by atoms with Gasteiger partial charge in [-0.15, -0.1) is 0 Å². The maximum absolute atomic E-state index is 13.0. The first-order valence-corrected chi connectivity index (χ1v) is 14.5. The number of carbonyl (C=O) groups is 1. The lowest BCUT2D eigenvalue weighted by atomic mass is 9.84. The van der Waals surface area contributed by atoms with Crippen LogP contribution >= 0.6 is 0 Å². The lowest BCUT2D eigenvalue weighted by molar-refractivity contribution is -0.122. The predicted molar refractivity (Wildman–Crippen MR) is 142 cm³/mol. The summed E-state index contributed by atoms with van der Waals surface area (Å²) in [6.07, 6.45) is 8.12. The number of hydrogen-bond acceptors (Lipinski definition) is 8. The van der Waals surface area contributed by atoms with Crippen molar-refractivity contribution in [3.8, 4) is 0 Å². The molecule has 2 aliphatic rings. The zero-order valence-electron chi connectivity index (χ0n) is 21.1. The van der Waals surface area contributed by atoms with Crippen LogP contribution in [-0.2, 0) is 21.4 Å². The summed E-state index contributed by atoms with van der Waals surface area (Å²) in [5.41, 5.74) is 7.61. The molecule has 1 saturated carbocycles. The molecule has 37 heavy (non-hydrogen) atoms. The third-order valence-electron chi connectivity index (χ3n) is 7.32. The molecule has 1 aliphatic heterocycles. The van der Waals surface area contributed by atoms with E-state index in [9.17, 15) is 13.2 Å². The van der Waals surface area contributed by atoms with Crippen LogP contribution in [0.15, 0.2) is 35.5 Å². The Kier molecular flexibility index (Phi) is 7.29. The maximum atomic E-state index is 13.0. The summed E-state index contributed by atoms with van der Waals surface area (Å²) in [6, 6.07) is 6.58. The van der Waals surface area contributed by atoms with Crippen molar-refractivity contribution in [3.63, 3.8) is 0 Å². The fourth-order valence-electron chi connectivity index (χ4n) is 5.24. The van der Waals surface area contributed by atoms with Gasteiger partial charge in [0.15, 0.2) is 17.0 Å². The molecule has 11 nitrogen and oxygen atoms in total. The number of benzene rings is 1. The Morgan fingerprint density at radius 2 is 1.78 bits per heavy atom. The molecular formula is C25H34N8O3S. The van der Waals surface area contributed by atoms with Crippen molar-refractivity contribution in [2.24, 2.45) is 11.7 Å². The standard InChI is InChI=1S/C25H34N8O3S/c1-2-32-16-27-21-23(30-25(31-24(21)32)29-20-9-5-4-8-19(20)22(26)34)28-17-10-12-18(13-11-17)37(35,36)33-14-6-3-7-15-33/h10-13,16,19-20H,2-9,14-15H2,1H3,(H2,26,34)(H2,28,29,30,31)/t19-,20+/m1/s1. The number of nitrogens with one attached hydrogen (secondary N) is 2. The number of amides is 1. The quantitative estimate of drug-likeness (QED) is 0.405. The Bertz CT molecular complexity index is 1370. The van der Waals surface area contributed by atoms with Crippen molar-refractivity contribution in [2.45, 2.75) is 69.4 Å². The molecule has 0 spiro atoms. The second-order valence-corrected chi connectivity index (χ2v) is 11.7. The summed E-state index contributed by atoms with van der Waals surface area (Å²) in [7, 11) is -3.51. The molecule has 2 aromatic heterocycles. The number of carbonyl (C=O) groups excluding carboxylic acids is 1. The number of aryl methyl sites for hydroxylation is 1. The zero-order valence-corrected chi connectivity index (χ0v) is 21.9. The monoisotopic (exact) mass is 526 g/mol. The first kappa shape index (κ1) is 25.4. The normalized spacial score (nSPS) is 21.1. The van der Waals surface area contributed by atoms with Gasteiger partial charge in [-0.05, 0) is 56.9 Å². The van der Waals surface area contributed by atoms with Crippen LogP contribution in [0.5, 0.6) is 0 Å². The van der Waals surface area contributed by atoms with Gasteiger partial charge in [-0.25, -0.2) is 13.4 Å². The van der Waals surface area contributed by atoms with Crippen LogP contribution in [0.2, 0.25) is 0 Å². The summed E-state index contributed by atoms with van der Waals surface area (Å²) >= 11 is 0. The molecule has 4 N–H and O–H groups in total. The van der Waals surface area contributed by atoms with Crippen LogP contribution in [0.1, 0.15) is 51.9 Å². The summed E-state index contributed by atoms with van der Waals surface area (Å²) in [4.78, 5) is 26.2. The number of rotatable bonds is 8. The Morgan fingerprint density at radius 1 is 1.05 bits per heavy atom. The molecule has 1 saturated heterocycles. The minimum absolute atomic E-state index is 0.131. The van der Waals surface area contributed by atoms with Gasteiger partial charge in [0.05, 0.1) is 17.1 Å². The van der Waals surface area contributed by atoms with Gasteiger partial charge in [0.2, 0.25) is 21.9 Å². The molecule has 1 amide bonds. The SMILES string of the molecule is CCn1cnc2c(Nc3ccc(S(=O)(=O)N4CCCCC4)cc3)nc(N[C@H]3CCCC[C@H]3C(N)=O)nc21. The fourth-order valence-corrected chi connectivity index (χ4v) is 6.76. The second kappa shape index (κ2) is 10.6. The maximum Gasteiger partial charge on any atom is 0.243 e. The molecule has 12 heteroatoms. The van der Waals surface area contributed by atoms with E-state index in [-0.39, 0.29) is 22.8 Å². The topological polar surface area (TPSA) is 148 Å². The van der Waals surface area contributed by atoms with Gasteiger partial charge < -0.3 is 20.9 Å². The van der Waals surface area contributed by atoms with Crippen molar-refractivity contribution < 1.29 is 13.2 Å². The Morgan fingerprint density at radius 3 is 2.49 bits per heavy atom. The van der Waals surface area contributed by atoms with E-state index in [4.69, 9.17) is 10.7 Å². The van der Waals surface area contributed by atoms with Crippen molar-refractivity contribution in [3.05, 3.63) is 30.6 Å². The third kappa shape index (κ3) is 5.26. The lowest BCUT2D eigenvalue weighted by Crippen LogP contribution is -2.40.